The molecule has 0 atom stereocenters. The van der Waals surface area contributed by atoms with Crippen LogP contribution in [0.1, 0.15) is 45.6 Å². The molecular weight excluding hydrogens is 230 g/mol. The molecule has 1 aromatic rings. The van der Waals surface area contributed by atoms with Gasteiger partial charge in [0, 0.05) is 18.8 Å². The van der Waals surface area contributed by atoms with Crippen molar-refractivity contribution in [1.82, 2.24) is 0 Å². The predicted molar refractivity (Wildman–Crippen MR) is 86.9 cm³/mol. The molecule has 1 heteroatoms. The molecule has 0 unspecified atom stereocenters. The van der Waals surface area contributed by atoms with Crippen LogP contribution >= 0.6 is 0 Å². The smallest absolute Gasteiger partial charge is 0.0368 e. The van der Waals surface area contributed by atoms with E-state index in [9.17, 15) is 0 Å². The van der Waals surface area contributed by atoms with Crippen LogP contribution in [0.3, 0.4) is 0 Å². The summed E-state index contributed by atoms with van der Waals surface area (Å²) in [7, 11) is 0. The Bertz CT molecular complexity index is 392. The molecule has 0 bridgehead atoms. The molecule has 1 aromatic carbocycles. The van der Waals surface area contributed by atoms with Gasteiger partial charge in [0.2, 0.25) is 0 Å². The Morgan fingerprint density at radius 3 is 2.58 bits per heavy atom. The van der Waals surface area contributed by atoms with E-state index < -0.39 is 0 Å². The number of nitrogens with zero attached hydrogens (tertiary/aromatic N) is 1. The summed E-state index contributed by atoms with van der Waals surface area (Å²) in [6.45, 7) is 15.3. The van der Waals surface area contributed by atoms with E-state index in [1.807, 2.05) is 0 Å². The van der Waals surface area contributed by atoms with Gasteiger partial charge in [0.1, 0.15) is 0 Å². The van der Waals surface area contributed by atoms with Crippen molar-refractivity contribution in [2.75, 3.05) is 18.0 Å². The molecule has 0 aliphatic rings. The van der Waals surface area contributed by atoms with Crippen LogP contribution in [-0.2, 0) is 0 Å². The quantitative estimate of drug-likeness (QED) is 0.580. The van der Waals surface area contributed by atoms with Gasteiger partial charge in [0.05, 0.1) is 0 Å². The van der Waals surface area contributed by atoms with E-state index in [0.717, 1.165) is 19.5 Å². The van der Waals surface area contributed by atoms with Gasteiger partial charge < -0.3 is 4.90 Å². The summed E-state index contributed by atoms with van der Waals surface area (Å²) in [6.07, 6.45) is 3.54. The second kappa shape index (κ2) is 8.04. The van der Waals surface area contributed by atoms with Crippen molar-refractivity contribution in [3.05, 3.63) is 42.0 Å². The van der Waals surface area contributed by atoms with Gasteiger partial charge in [0.25, 0.3) is 0 Å². The van der Waals surface area contributed by atoms with Crippen molar-refractivity contribution in [2.45, 2.75) is 47.0 Å². The zero-order chi connectivity index (χ0) is 14.3. The number of rotatable bonds is 8. The van der Waals surface area contributed by atoms with E-state index in [0.29, 0.717) is 5.92 Å². The Kier molecular flexibility index (Phi) is 6.69. The molecule has 0 aromatic heterocycles. The van der Waals surface area contributed by atoms with E-state index in [-0.39, 0.29) is 0 Å². The Balaban J connectivity index is 2.56. The molecule has 1 nitrogen and oxygen atoms in total. The highest BCUT2D eigenvalue weighted by atomic mass is 15.1. The van der Waals surface area contributed by atoms with Crippen LogP contribution in [0.15, 0.2) is 36.4 Å². The number of aryl methyl sites for hydroxylation is 1. The first-order valence-corrected chi connectivity index (χ1v) is 7.54. The second-order valence-corrected chi connectivity index (χ2v) is 5.74. The first-order chi connectivity index (χ1) is 9.04. The maximum Gasteiger partial charge on any atom is 0.0368 e. The summed E-state index contributed by atoms with van der Waals surface area (Å²) in [5, 5.41) is 0. The lowest BCUT2D eigenvalue weighted by molar-refractivity contribution is 0.660. The molecule has 19 heavy (non-hydrogen) atoms. The normalized spacial score (nSPS) is 10.8. The highest BCUT2D eigenvalue weighted by molar-refractivity contribution is 5.48. The molecule has 0 saturated heterocycles. The minimum Gasteiger partial charge on any atom is -0.372 e. The molecule has 0 saturated carbocycles. The van der Waals surface area contributed by atoms with Gasteiger partial charge >= 0.3 is 0 Å². The Morgan fingerprint density at radius 2 is 2.00 bits per heavy atom. The summed E-state index contributed by atoms with van der Waals surface area (Å²) in [5.41, 5.74) is 4.07. The second-order valence-electron chi connectivity index (χ2n) is 5.74. The van der Waals surface area contributed by atoms with E-state index in [1.165, 1.54) is 29.7 Å². The summed E-state index contributed by atoms with van der Waals surface area (Å²) in [4.78, 5) is 2.50. The number of hydrogen-bond donors (Lipinski definition) is 0. The van der Waals surface area contributed by atoms with E-state index in [4.69, 9.17) is 0 Å². The van der Waals surface area contributed by atoms with Gasteiger partial charge in [-0.1, -0.05) is 45.1 Å². The van der Waals surface area contributed by atoms with Gasteiger partial charge in [-0.2, -0.15) is 0 Å². The Labute approximate surface area is 119 Å². The molecule has 0 aliphatic carbocycles. The van der Waals surface area contributed by atoms with Crippen LogP contribution in [0, 0.1) is 12.8 Å². The van der Waals surface area contributed by atoms with Crippen LogP contribution < -0.4 is 4.90 Å². The zero-order valence-electron chi connectivity index (χ0n) is 13.1. The van der Waals surface area contributed by atoms with Crippen molar-refractivity contribution in [1.29, 1.82) is 0 Å². The van der Waals surface area contributed by atoms with E-state index in [1.54, 1.807) is 0 Å². The molecule has 106 valence electrons. The SMILES string of the molecule is C=C(CCCN(CCC)c1cccc(C)c1)C(C)C. The van der Waals surface area contributed by atoms with Crippen molar-refractivity contribution < 1.29 is 0 Å². The van der Waals surface area contributed by atoms with Crippen LogP contribution in [-0.4, -0.2) is 13.1 Å². The number of allylic oxidation sites excluding steroid dienone is 1. The fourth-order valence-electron chi connectivity index (χ4n) is 2.25. The largest absolute Gasteiger partial charge is 0.372 e. The highest BCUT2D eigenvalue weighted by Crippen LogP contribution is 2.19. The third-order valence-electron chi connectivity index (χ3n) is 3.60. The zero-order valence-corrected chi connectivity index (χ0v) is 13.1. The van der Waals surface area contributed by atoms with Crippen LogP contribution in [0.5, 0.6) is 0 Å². The number of anilines is 1. The molecule has 0 heterocycles. The predicted octanol–water partition coefficient (Wildman–Crippen LogP) is 5.20. The third-order valence-corrected chi connectivity index (χ3v) is 3.60. The maximum absolute atomic E-state index is 4.17. The van der Waals surface area contributed by atoms with Gasteiger partial charge in [0.15, 0.2) is 0 Å². The van der Waals surface area contributed by atoms with Crippen molar-refractivity contribution in [2.24, 2.45) is 5.92 Å². The molecule has 0 fully saturated rings. The molecule has 0 N–H and O–H groups in total. The summed E-state index contributed by atoms with van der Waals surface area (Å²) in [6, 6.07) is 8.82. The minimum atomic E-state index is 0.610. The fraction of sp³-hybridized carbons (Fsp3) is 0.556. The lowest BCUT2D eigenvalue weighted by Crippen LogP contribution is -2.25. The summed E-state index contributed by atoms with van der Waals surface area (Å²) in [5.74, 6) is 0.610. The molecule has 0 radical (unpaired) electrons. The minimum absolute atomic E-state index is 0.610. The maximum atomic E-state index is 4.17. The van der Waals surface area contributed by atoms with Crippen molar-refractivity contribution >= 4 is 5.69 Å². The van der Waals surface area contributed by atoms with E-state index in [2.05, 4.69) is 63.4 Å². The van der Waals surface area contributed by atoms with Crippen LogP contribution in [0.2, 0.25) is 0 Å². The average Bonchev–Trinajstić information content (AvgIpc) is 2.37. The number of hydrogen-bond acceptors (Lipinski definition) is 1. The standard InChI is InChI=1S/C18H29N/c1-6-12-19(13-8-10-17(5)15(2)3)18-11-7-9-16(4)14-18/h7,9,11,14-15H,5-6,8,10,12-13H2,1-4H3. The number of benzene rings is 1. The topological polar surface area (TPSA) is 3.24 Å². The lowest BCUT2D eigenvalue weighted by atomic mass is 10.0. The molecule has 0 spiro atoms. The monoisotopic (exact) mass is 259 g/mol. The average molecular weight is 259 g/mol. The van der Waals surface area contributed by atoms with Crippen LogP contribution in [0.25, 0.3) is 0 Å². The van der Waals surface area contributed by atoms with E-state index >= 15 is 0 Å². The molecule has 1 rings (SSSR count). The van der Waals surface area contributed by atoms with Gasteiger partial charge in [-0.25, -0.2) is 0 Å². The van der Waals surface area contributed by atoms with Gasteiger partial charge in [-0.3, -0.25) is 0 Å². The highest BCUT2D eigenvalue weighted by Gasteiger charge is 2.06. The summed E-state index contributed by atoms with van der Waals surface area (Å²) >= 11 is 0. The van der Waals surface area contributed by atoms with Crippen LogP contribution in [0.4, 0.5) is 5.69 Å². The molecular formula is C18H29N. The molecule has 0 aliphatic heterocycles. The lowest BCUT2D eigenvalue weighted by Gasteiger charge is -2.25. The van der Waals surface area contributed by atoms with Gasteiger partial charge in [-0.15, -0.1) is 0 Å². The Morgan fingerprint density at radius 1 is 1.26 bits per heavy atom. The van der Waals surface area contributed by atoms with Crippen molar-refractivity contribution in [3.63, 3.8) is 0 Å². The molecule has 0 amide bonds. The van der Waals surface area contributed by atoms with Gasteiger partial charge in [-0.05, 0) is 49.8 Å². The Hall–Kier alpha value is -1.24. The fourth-order valence-corrected chi connectivity index (χ4v) is 2.25. The summed E-state index contributed by atoms with van der Waals surface area (Å²) < 4.78 is 0. The first kappa shape index (κ1) is 15.8. The first-order valence-electron chi connectivity index (χ1n) is 7.54. The third kappa shape index (κ3) is 5.50. The van der Waals surface area contributed by atoms with Crippen molar-refractivity contribution in [3.8, 4) is 0 Å².